The Labute approximate surface area is 240 Å². The molecule has 1 aromatic heterocycles. The van der Waals surface area contributed by atoms with E-state index >= 15 is 0 Å². The van der Waals surface area contributed by atoms with Crippen LogP contribution in [0.2, 0.25) is 0 Å². The Morgan fingerprint density at radius 1 is 1.20 bits per heavy atom. The molecule has 1 atom stereocenters. The third-order valence-corrected chi connectivity index (χ3v) is 5.84. The summed E-state index contributed by atoms with van der Waals surface area (Å²) in [6.45, 7) is 2.58. The van der Waals surface area contributed by atoms with Crippen LogP contribution in [0.3, 0.4) is 0 Å². The third kappa shape index (κ3) is 11.4. The van der Waals surface area contributed by atoms with E-state index in [0.29, 0.717) is 56.0 Å². The molecule has 0 fully saturated rings. The molecule has 0 aliphatic rings. The first-order valence-corrected chi connectivity index (χ1v) is 13.3. The molecular weight excluding hydrogens is 532 g/mol. The lowest BCUT2D eigenvalue weighted by atomic mass is 10.2. The Bertz CT molecular complexity index is 1240. The summed E-state index contributed by atoms with van der Waals surface area (Å²) >= 11 is 0. The van der Waals surface area contributed by atoms with E-state index in [4.69, 9.17) is 4.74 Å². The highest BCUT2D eigenvalue weighted by Crippen LogP contribution is 2.23. The largest absolute Gasteiger partial charge is 0.494 e. The number of unbranched alkanes of at least 4 members (excludes halogenated alkanes) is 1. The molecule has 2 rings (SSSR count). The summed E-state index contributed by atoms with van der Waals surface area (Å²) in [5, 5.41) is 8.83. The van der Waals surface area contributed by atoms with E-state index in [-0.39, 0.29) is 23.5 Å². The summed E-state index contributed by atoms with van der Waals surface area (Å²) in [7, 11) is 6.78. The first kappa shape index (κ1) is 33.0. The molecule has 1 heterocycles. The van der Waals surface area contributed by atoms with Gasteiger partial charge in [0.05, 0.1) is 25.5 Å². The van der Waals surface area contributed by atoms with Gasteiger partial charge in [0, 0.05) is 50.9 Å². The molecule has 0 bridgehead atoms. The molecule has 0 saturated carbocycles. The summed E-state index contributed by atoms with van der Waals surface area (Å²) in [5.41, 5.74) is 0.958. The minimum absolute atomic E-state index is 0.121. The van der Waals surface area contributed by atoms with Gasteiger partial charge in [-0.05, 0) is 46.0 Å². The fraction of sp³-hybridized carbons (Fsp3) is 0.448. The van der Waals surface area contributed by atoms with Crippen LogP contribution in [0.1, 0.15) is 31.7 Å². The number of amides is 2. The van der Waals surface area contributed by atoms with Crippen LogP contribution in [0.25, 0.3) is 0 Å². The number of methoxy groups -OCH3 is 1. The molecule has 222 valence electrons. The zero-order valence-electron chi connectivity index (χ0n) is 24.3. The van der Waals surface area contributed by atoms with E-state index in [1.807, 2.05) is 19.0 Å². The predicted octanol–water partition coefficient (Wildman–Crippen LogP) is 3.35. The van der Waals surface area contributed by atoms with Crippen molar-refractivity contribution in [3.05, 3.63) is 47.9 Å². The van der Waals surface area contributed by atoms with E-state index in [1.165, 1.54) is 36.4 Å². The molecule has 2 aromatic rings. The zero-order chi connectivity index (χ0) is 30.2. The molecule has 3 N–H and O–H groups in total. The monoisotopic (exact) mass is 571 g/mol. The molecule has 0 radical (unpaired) electrons. The average molecular weight is 572 g/mol. The number of aromatic nitrogens is 2. The van der Waals surface area contributed by atoms with Gasteiger partial charge in [0.2, 0.25) is 17.8 Å². The van der Waals surface area contributed by atoms with Crippen molar-refractivity contribution in [3.8, 4) is 17.6 Å². The Morgan fingerprint density at radius 3 is 2.66 bits per heavy atom. The van der Waals surface area contributed by atoms with Crippen molar-refractivity contribution in [1.82, 2.24) is 25.1 Å². The van der Waals surface area contributed by atoms with Crippen molar-refractivity contribution in [2.45, 2.75) is 32.2 Å². The quantitative estimate of drug-likeness (QED) is 0.170. The second kappa shape index (κ2) is 17.5. The normalized spacial score (nSPS) is 11.5. The van der Waals surface area contributed by atoms with Gasteiger partial charge in [-0.2, -0.15) is 4.98 Å². The minimum atomic E-state index is -0.616. The SMILES string of the molecule is COc1ccc(Nc2ncc(C#CCCCNC(=O)[C@H](C)N(C)C(=O)/C=C/CN(C)C)c(NCCCF)n2)cc1F. The zero-order valence-corrected chi connectivity index (χ0v) is 24.3. The van der Waals surface area contributed by atoms with Gasteiger partial charge in [-0.15, -0.1) is 0 Å². The van der Waals surface area contributed by atoms with Crippen molar-refractivity contribution >= 4 is 29.3 Å². The number of carbonyl (C=O) groups excluding carboxylic acids is 2. The Hall–Kier alpha value is -4.24. The Balaban J connectivity index is 1.93. The fourth-order valence-corrected chi connectivity index (χ4v) is 3.36. The van der Waals surface area contributed by atoms with Crippen LogP contribution in [-0.2, 0) is 9.59 Å². The molecule has 41 heavy (non-hydrogen) atoms. The van der Waals surface area contributed by atoms with Crippen molar-refractivity contribution in [3.63, 3.8) is 0 Å². The maximum Gasteiger partial charge on any atom is 0.246 e. The number of carbonyl (C=O) groups is 2. The van der Waals surface area contributed by atoms with E-state index < -0.39 is 18.5 Å². The van der Waals surface area contributed by atoms with Crippen LogP contribution >= 0.6 is 0 Å². The van der Waals surface area contributed by atoms with Crippen molar-refractivity contribution in [1.29, 1.82) is 0 Å². The highest BCUT2D eigenvalue weighted by molar-refractivity contribution is 5.92. The van der Waals surface area contributed by atoms with Gasteiger partial charge in [0.15, 0.2) is 11.6 Å². The molecule has 0 aliphatic heterocycles. The van der Waals surface area contributed by atoms with Crippen LogP contribution in [-0.4, -0.2) is 92.2 Å². The summed E-state index contributed by atoms with van der Waals surface area (Å²) in [6.07, 6.45) is 6.14. The van der Waals surface area contributed by atoms with Gasteiger partial charge in [0.25, 0.3) is 0 Å². The van der Waals surface area contributed by atoms with E-state index in [9.17, 15) is 18.4 Å². The standard InChI is InChI=1S/C29H39F2N7O3/c1-21(38(4)26(39)12-9-18-37(2)3)28(40)33-16-8-6-7-11-22-20-34-29(36-27(22)32-17-10-15-30)35-23-13-14-25(41-5)24(31)19-23/h9,12-14,19-21H,6,8,10,15-18H2,1-5H3,(H,33,40)(H2,32,34,35,36)/b12-9+/t21-/m0/s1. The summed E-state index contributed by atoms with van der Waals surface area (Å²) in [6, 6.07) is 3.78. The molecule has 0 unspecified atom stereocenters. The summed E-state index contributed by atoms with van der Waals surface area (Å²) in [4.78, 5) is 36.7. The third-order valence-electron chi connectivity index (χ3n) is 5.84. The number of hydrogen-bond donors (Lipinski definition) is 3. The van der Waals surface area contributed by atoms with Crippen molar-refractivity contribution in [2.24, 2.45) is 0 Å². The van der Waals surface area contributed by atoms with Crippen LogP contribution in [0, 0.1) is 17.7 Å². The number of rotatable bonds is 15. The number of ether oxygens (including phenoxy) is 1. The van der Waals surface area contributed by atoms with Crippen molar-refractivity contribution < 1.29 is 23.1 Å². The Kier molecular flexibility index (Phi) is 14.0. The van der Waals surface area contributed by atoms with Crippen LogP contribution in [0.15, 0.2) is 36.5 Å². The molecule has 2 amide bonds. The second-order valence-electron chi connectivity index (χ2n) is 9.39. The minimum Gasteiger partial charge on any atom is -0.494 e. The topological polar surface area (TPSA) is 112 Å². The lowest BCUT2D eigenvalue weighted by Gasteiger charge is -2.23. The highest BCUT2D eigenvalue weighted by atomic mass is 19.1. The molecule has 0 saturated heterocycles. The van der Waals surface area contributed by atoms with E-state index in [0.717, 1.165) is 0 Å². The second-order valence-corrected chi connectivity index (χ2v) is 9.39. The van der Waals surface area contributed by atoms with Gasteiger partial charge in [0.1, 0.15) is 11.9 Å². The fourth-order valence-electron chi connectivity index (χ4n) is 3.36. The number of benzene rings is 1. The average Bonchev–Trinajstić information content (AvgIpc) is 2.94. The number of hydrogen-bond acceptors (Lipinski definition) is 8. The van der Waals surface area contributed by atoms with Crippen LogP contribution in [0.5, 0.6) is 5.75 Å². The predicted molar refractivity (Wildman–Crippen MR) is 156 cm³/mol. The van der Waals surface area contributed by atoms with Gasteiger partial charge in [-0.25, -0.2) is 9.37 Å². The summed E-state index contributed by atoms with van der Waals surface area (Å²) < 4.78 is 31.6. The lowest BCUT2D eigenvalue weighted by molar-refractivity contribution is -0.135. The number of anilines is 3. The van der Waals surface area contributed by atoms with Gasteiger partial charge < -0.3 is 30.5 Å². The van der Waals surface area contributed by atoms with Gasteiger partial charge in [-0.1, -0.05) is 17.9 Å². The van der Waals surface area contributed by atoms with Crippen molar-refractivity contribution in [2.75, 3.05) is 65.2 Å². The molecule has 0 spiro atoms. The molecule has 10 nitrogen and oxygen atoms in total. The Morgan fingerprint density at radius 2 is 1.98 bits per heavy atom. The van der Waals surface area contributed by atoms with Crippen LogP contribution < -0.4 is 20.7 Å². The molecule has 0 aliphatic carbocycles. The first-order chi connectivity index (χ1) is 19.7. The molecular formula is C29H39F2N7O3. The molecule has 12 heteroatoms. The van der Waals surface area contributed by atoms with Gasteiger partial charge >= 0.3 is 0 Å². The number of nitrogens with one attached hydrogen (secondary N) is 3. The first-order valence-electron chi connectivity index (χ1n) is 13.3. The number of alkyl halides is 1. The lowest BCUT2D eigenvalue weighted by Crippen LogP contribution is -2.45. The van der Waals surface area contributed by atoms with Crippen LogP contribution in [0.4, 0.5) is 26.2 Å². The number of likely N-dealkylation sites (N-methyl/N-ethyl adjacent to an activating group) is 2. The number of halogens is 2. The van der Waals surface area contributed by atoms with Gasteiger partial charge in [-0.3, -0.25) is 14.0 Å². The smallest absolute Gasteiger partial charge is 0.246 e. The summed E-state index contributed by atoms with van der Waals surface area (Å²) in [5.74, 6) is 5.80. The number of nitrogens with zero attached hydrogens (tertiary/aromatic N) is 4. The molecule has 1 aromatic carbocycles. The highest BCUT2D eigenvalue weighted by Gasteiger charge is 2.20. The van der Waals surface area contributed by atoms with E-state index in [2.05, 4.69) is 37.8 Å². The maximum absolute atomic E-state index is 14.0. The maximum atomic E-state index is 14.0. The van der Waals surface area contributed by atoms with E-state index in [1.54, 1.807) is 26.1 Å².